The van der Waals surface area contributed by atoms with Gasteiger partial charge in [-0.15, -0.1) is 10.2 Å². The molecule has 11 heteroatoms. The van der Waals surface area contributed by atoms with Crippen molar-refractivity contribution in [2.45, 2.75) is 25.9 Å². The molecule has 8 N–H and O–H groups in total. The van der Waals surface area contributed by atoms with Gasteiger partial charge in [-0.2, -0.15) is 23.4 Å². The molecular formula is C21H25F3N8. The Morgan fingerprint density at radius 3 is 1.66 bits per heavy atom. The standard InChI is InChI=1S/C21H25F3N8/c1-12(29-31-19(25)26)17(13(2)30-32-20(27)28)18(14-8-4-3-5-9-14)15-10-6-7-11-16(15)21(22,23)24/h3-11,17-18H,1-2H3,(H4,25,26,31)(H4,27,28,32)/b29-12+,30-13+. The van der Waals surface area contributed by atoms with Crippen molar-refractivity contribution in [2.24, 2.45) is 49.3 Å². The maximum Gasteiger partial charge on any atom is 0.416 e. The number of nitrogens with zero attached hydrogens (tertiary/aromatic N) is 4. The average molecular weight is 446 g/mol. The molecule has 0 aliphatic rings. The zero-order valence-electron chi connectivity index (χ0n) is 17.6. The zero-order chi connectivity index (χ0) is 23.9. The molecule has 0 bridgehead atoms. The van der Waals surface area contributed by atoms with Gasteiger partial charge in [0.1, 0.15) is 0 Å². The van der Waals surface area contributed by atoms with Gasteiger partial charge in [-0.05, 0) is 31.0 Å². The minimum absolute atomic E-state index is 0.0368. The summed E-state index contributed by atoms with van der Waals surface area (Å²) in [6.45, 7) is 3.19. The first-order valence-corrected chi connectivity index (χ1v) is 9.49. The van der Waals surface area contributed by atoms with Crippen molar-refractivity contribution in [2.75, 3.05) is 0 Å². The lowest BCUT2D eigenvalue weighted by atomic mass is 9.75. The van der Waals surface area contributed by atoms with E-state index in [1.54, 1.807) is 50.2 Å². The summed E-state index contributed by atoms with van der Waals surface area (Å²) in [4.78, 5) is 0. The van der Waals surface area contributed by atoms with Gasteiger partial charge in [-0.3, -0.25) is 0 Å². The van der Waals surface area contributed by atoms with E-state index in [9.17, 15) is 13.2 Å². The van der Waals surface area contributed by atoms with Gasteiger partial charge in [-0.25, -0.2) is 0 Å². The quantitative estimate of drug-likeness (QED) is 0.293. The SMILES string of the molecule is C/C(=N\N=C(N)N)C(/C(C)=N/N=C(N)N)C(c1ccccc1)c1ccccc1C(F)(F)F. The van der Waals surface area contributed by atoms with Crippen molar-refractivity contribution in [3.8, 4) is 0 Å². The number of hydrogen-bond donors (Lipinski definition) is 4. The van der Waals surface area contributed by atoms with Crippen LogP contribution in [-0.4, -0.2) is 23.3 Å². The van der Waals surface area contributed by atoms with Gasteiger partial charge in [0.2, 0.25) is 11.9 Å². The minimum atomic E-state index is -4.58. The van der Waals surface area contributed by atoms with E-state index in [1.807, 2.05) is 0 Å². The third-order valence-corrected chi connectivity index (χ3v) is 4.64. The fraction of sp³-hybridized carbons (Fsp3) is 0.238. The highest BCUT2D eigenvalue weighted by atomic mass is 19.4. The molecule has 1 atom stereocenters. The van der Waals surface area contributed by atoms with E-state index in [4.69, 9.17) is 22.9 Å². The van der Waals surface area contributed by atoms with E-state index >= 15 is 0 Å². The molecule has 2 aromatic carbocycles. The number of benzene rings is 2. The second-order valence-electron chi connectivity index (χ2n) is 6.98. The third kappa shape index (κ3) is 6.30. The van der Waals surface area contributed by atoms with Crippen LogP contribution in [0, 0.1) is 5.92 Å². The van der Waals surface area contributed by atoms with E-state index < -0.39 is 23.6 Å². The molecule has 0 fully saturated rings. The second kappa shape index (κ2) is 10.4. The number of hydrogen-bond acceptors (Lipinski definition) is 4. The molecule has 1 unspecified atom stereocenters. The van der Waals surface area contributed by atoms with Crippen molar-refractivity contribution >= 4 is 23.3 Å². The third-order valence-electron chi connectivity index (χ3n) is 4.64. The monoisotopic (exact) mass is 446 g/mol. The average Bonchev–Trinajstić information content (AvgIpc) is 2.74. The zero-order valence-corrected chi connectivity index (χ0v) is 17.6. The lowest BCUT2D eigenvalue weighted by Crippen LogP contribution is -2.30. The lowest BCUT2D eigenvalue weighted by molar-refractivity contribution is -0.138. The van der Waals surface area contributed by atoms with Gasteiger partial charge in [0.25, 0.3) is 0 Å². The molecule has 32 heavy (non-hydrogen) atoms. The van der Waals surface area contributed by atoms with Crippen LogP contribution in [0.3, 0.4) is 0 Å². The summed E-state index contributed by atoms with van der Waals surface area (Å²) < 4.78 is 41.8. The molecule has 0 heterocycles. The predicted octanol–water partition coefficient (Wildman–Crippen LogP) is 2.75. The predicted molar refractivity (Wildman–Crippen MR) is 121 cm³/mol. The van der Waals surface area contributed by atoms with Crippen LogP contribution in [0.1, 0.15) is 36.5 Å². The van der Waals surface area contributed by atoms with Gasteiger partial charge in [0, 0.05) is 23.3 Å². The van der Waals surface area contributed by atoms with Crippen LogP contribution < -0.4 is 22.9 Å². The van der Waals surface area contributed by atoms with Crippen molar-refractivity contribution in [3.05, 3.63) is 71.3 Å². The van der Waals surface area contributed by atoms with Crippen LogP contribution in [0.2, 0.25) is 0 Å². The van der Waals surface area contributed by atoms with E-state index in [0.29, 0.717) is 17.0 Å². The summed E-state index contributed by atoms with van der Waals surface area (Å²) in [7, 11) is 0. The number of alkyl halides is 3. The summed E-state index contributed by atoms with van der Waals surface area (Å²) in [5.74, 6) is -2.24. The van der Waals surface area contributed by atoms with E-state index in [2.05, 4.69) is 20.4 Å². The molecule has 8 nitrogen and oxygen atoms in total. The Kier molecular flexibility index (Phi) is 7.94. The largest absolute Gasteiger partial charge is 0.416 e. The van der Waals surface area contributed by atoms with Gasteiger partial charge in [0.05, 0.1) is 5.56 Å². The number of nitrogens with two attached hydrogens (primary N) is 4. The Labute approximate surface area is 183 Å². The highest BCUT2D eigenvalue weighted by molar-refractivity contribution is 6.07. The fourth-order valence-corrected chi connectivity index (χ4v) is 3.42. The van der Waals surface area contributed by atoms with Gasteiger partial charge < -0.3 is 22.9 Å². The van der Waals surface area contributed by atoms with E-state index in [0.717, 1.165) is 6.07 Å². The van der Waals surface area contributed by atoms with Gasteiger partial charge in [0.15, 0.2) is 0 Å². The summed E-state index contributed by atoms with van der Waals surface area (Å²) in [5.41, 5.74) is 22.0. The summed E-state index contributed by atoms with van der Waals surface area (Å²) >= 11 is 0. The number of rotatable bonds is 7. The summed E-state index contributed by atoms with van der Waals surface area (Å²) in [5, 5.41) is 15.4. The van der Waals surface area contributed by atoms with Crippen LogP contribution in [0.5, 0.6) is 0 Å². The molecular weight excluding hydrogens is 421 g/mol. The summed E-state index contributed by atoms with van der Waals surface area (Å²) in [6.07, 6.45) is -4.58. The van der Waals surface area contributed by atoms with Crippen LogP contribution in [0.4, 0.5) is 13.2 Å². The molecule has 2 rings (SSSR count). The Bertz CT molecular complexity index is 1000. The molecule has 0 aromatic heterocycles. The highest BCUT2D eigenvalue weighted by Crippen LogP contribution is 2.41. The molecule has 2 aromatic rings. The molecule has 0 aliphatic carbocycles. The van der Waals surface area contributed by atoms with Crippen molar-refractivity contribution in [1.29, 1.82) is 0 Å². The number of halogens is 3. The van der Waals surface area contributed by atoms with Gasteiger partial charge >= 0.3 is 6.18 Å². The van der Waals surface area contributed by atoms with Crippen LogP contribution >= 0.6 is 0 Å². The Morgan fingerprint density at radius 2 is 1.19 bits per heavy atom. The second-order valence-corrected chi connectivity index (χ2v) is 6.98. The van der Waals surface area contributed by atoms with E-state index in [1.165, 1.54) is 12.1 Å². The van der Waals surface area contributed by atoms with Crippen LogP contribution in [-0.2, 0) is 6.18 Å². The Hall–Kier alpha value is -3.89. The Morgan fingerprint density at radius 1 is 0.719 bits per heavy atom. The minimum Gasteiger partial charge on any atom is -0.369 e. The molecule has 0 spiro atoms. The summed E-state index contributed by atoms with van der Waals surface area (Å²) in [6, 6.07) is 14.0. The molecule has 170 valence electrons. The fourth-order valence-electron chi connectivity index (χ4n) is 3.42. The van der Waals surface area contributed by atoms with Crippen molar-refractivity contribution in [1.82, 2.24) is 0 Å². The van der Waals surface area contributed by atoms with Crippen molar-refractivity contribution in [3.63, 3.8) is 0 Å². The first kappa shape index (κ1) is 24.4. The molecule has 0 radical (unpaired) electrons. The highest BCUT2D eigenvalue weighted by Gasteiger charge is 2.39. The first-order valence-electron chi connectivity index (χ1n) is 9.49. The number of guanidine groups is 2. The lowest BCUT2D eigenvalue weighted by Gasteiger charge is -2.29. The molecule has 0 amide bonds. The molecule has 0 saturated heterocycles. The Balaban J connectivity index is 2.86. The van der Waals surface area contributed by atoms with Crippen molar-refractivity contribution < 1.29 is 13.2 Å². The molecule has 0 aliphatic heterocycles. The topological polar surface area (TPSA) is 154 Å². The maximum atomic E-state index is 13.9. The van der Waals surface area contributed by atoms with Crippen LogP contribution in [0.25, 0.3) is 0 Å². The van der Waals surface area contributed by atoms with E-state index in [-0.39, 0.29) is 17.5 Å². The smallest absolute Gasteiger partial charge is 0.369 e. The normalized spacial score (nSPS) is 14.4. The first-order chi connectivity index (χ1) is 15.0. The van der Waals surface area contributed by atoms with Crippen LogP contribution in [0.15, 0.2) is 75.0 Å². The molecule has 0 saturated carbocycles. The maximum absolute atomic E-state index is 13.9. The van der Waals surface area contributed by atoms with Gasteiger partial charge in [-0.1, -0.05) is 48.5 Å².